The minimum Gasteiger partial charge on any atom is -0.377 e. The summed E-state index contributed by atoms with van der Waals surface area (Å²) >= 11 is 4.84. The fraction of sp³-hybridized carbons (Fsp3) is 0.600. The number of hydrogen-bond acceptors (Lipinski definition) is 6. The van der Waals surface area contributed by atoms with Gasteiger partial charge in [-0.25, -0.2) is 0 Å². The van der Waals surface area contributed by atoms with E-state index in [0.29, 0.717) is 42.3 Å². The van der Waals surface area contributed by atoms with E-state index in [-0.39, 0.29) is 17.1 Å². The Morgan fingerprint density at radius 2 is 1.57 bits per heavy atom. The lowest BCUT2D eigenvalue weighted by atomic mass is 9.71. The molecule has 2 aromatic carbocycles. The van der Waals surface area contributed by atoms with Gasteiger partial charge >= 0.3 is 0 Å². The number of benzene rings is 2. The molecule has 2 aromatic rings. The minimum absolute atomic E-state index is 0.179. The Kier molecular flexibility index (Phi) is 7.96. The molecule has 37 heavy (non-hydrogen) atoms. The average molecular weight is 524 g/mol. The Morgan fingerprint density at radius 3 is 2.19 bits per heavy atom. The Balaban J connectivity index is 1.07. The number of imide groups is 1. The van der Waals surface area contributed by atoms with Crippen molar-refractivity contribution >= 4 is 35.2 Å². The van der Waals surface area contributed by atoms with E-state index < -0.39 is 0 Å². The van der Waals surface area contributed by atoms with E-state index in [4.69, 9.17) is 17.4 Å². The van der Waals surface area contributed by atoms with Crippen LogP contribution in [0.15, 0.2) is 36.4 Å². The van der Waals surface area contributed by atoms with Crippen LogP contribution in [0.4, 0.5) is 0 Å². The number of hydrogen-bond donors (Lipinski definition) is 1. The largest absolute Gasteiger partial charge is 0.377 e. The second-order valence-electron chi connectivity index (χ2n) is 12.1. The molecule has 0 unspecified atom stereocenters. The van der Waals surface area contributed by atoms with Gasteiger partial charge in [-0.2, -0.15) is 12.6 Å². The first kappa shape index (κ1) is 26.7. The number of piperazine rings is 1. The van der Waals surface area contributed by atoms with Crippen molar-refractivity contribution in [2.75, 3.05) is 52.4 Å². The summed E-state index contributed by atoms with van der Waals surface area (Å²) in [6.45, 7) is 13.6. The molecule has 3 aliphatic rings. The Morgan fingerprint density at radius 1 is 0.946 bits per heavy atom. The number of thiol groups is 1. The maximum absolute atomic E-state index is 13.1. The first-order valence-corrected chi connectivity index (χ1v) is 14.3. The van der Waals surface area contributed by atoms with Crippen LogP contribution in [0.2, 0.25) is 0 Å². The highest BCUT2D eigenvalue weighted by atomic mass is 32.1. The van der Waals surface area contributed by atoms with Gasteiger partial charge in [-0.15, -0.1) is 0 Å². The summed E-state index contributed by atoms with van der Waals surface area (Å²) in [5, 5.41) is 1.94. The van der Waals surface area contributed by atoms with Crippen LogP contribution < -0.4 is 0 Å². The monoisotopic (exact) mass is 523 g/mol. The van der Waals surface area contributed by atoms with Crippen LogP contribution in [0, 0.1) is 11.3 Å². The van der Waals surface area contributed by atoms with E-state index >= 15 is 0 Å². The highest BCUT2D eigenvalue weighted by Crippen LogP contribution is 2.39. The molecule has 5 rings (SSSR count). The predicted octanol–water partition coefficient (Wildman–Crippen LogP) is 4.58. The maximum Gasteiger partial charge on any atom is 0.261 e. The van der Waals surface area contributed by atoms with Crippen LogP contribution in [0.3, 0.4) is 0 Å². The van der Waals surface area contributed by atoms with Crippen LogP contribution in [0.25, 0.3) is 10.8 Å². The Bertz CT molecular complexity index is 1090. The lowest BCUT2D eigenvalue weighted by Crippen LogP contribution is -2.51. The third-order valence-electron chi connectivity index (χ3n) is 8.30. The molecule has 0 spiro atoms. The molecule has 2 aliphatic heterocycles. The van der Waals surface area contributed by atoms with Gasteiger partial charge in [0, 0.05) is 67.6 Å². The molecule has 1 saturated carbocycles. The van der Waals surface area contributed by atoms with Crippen LogP contribution in [-0.2, 0) is 4.74 Å². The summed E-state index contributed by atoms with van der Waals surface area (Å²) in [7, 11) is 0. The summed E-state index contributed by atoms with van der Waals surface area (Å²) in [5.41, 5.74) is 1.63. The molecule has 0 aromatic heterocycles. The number of carbonyl (C=O) groups is 2. The van der Waals surface area contributed by atoms with Crippen LogP contribution >= 0.6 is 12.6 Å². The van der Waals surface area contributed by atoms with E-state index in [1.807, 2.05) is 36.4 Å². The van der Waals surface area contributed by atoms with Gasteiger partial charge < -0.3 is 4.74 Å². The van der Waals surface area contributed by atoms with Crippen molar-refractivity contribution in [3.8, 4) is 0 Å². The van der Waals surface area contributed by atoms with E-state index in [9.17, 15) is 9.59 Å². The van der Waals surface area contributed by atoms with Gasteiger partial charge in [0.25, 0.3) is 11.8 Å². The highest BCUT2D eigenvalue weighted by Gasteiger charge is 2.34. The molecule has 0 radical (unpaired) electrons. The molecule has 1 aliphatic carbocycles. The third-order valence-corrected chi connectivity index (χ3v) is 8.61. The van der Waals surface area contributed by atoms with Gasteiger partial charge in [0.15, 0.2) is 0 Å². The average Bonchev–Trinajstić information content (AvgIpc) is 2.85. The molecule has 2 heterocycles. The summed E-state index contributed by atoms with van der Waals surface area (Å²) in [6.07, 6.45) is 3.93. The molecule has 200 valence electrons. The molecular formula is C30H41N3O3S. The molecule has 0 N–H and O–H groups in total. The minimum atomic E-state index is -0.179. The first-order chi connectivity index (χ1) is 17.7. The van der Waals surface area contributed by atoms with Crippen molar-refractivity contribution in [1.82, 2.24) is 14.7 Å². The van der Waals surface area contributed by atoms with Gasteiger partial charge in [0.2, 0.25) is 0 Å². The Hall–Kier alpha value is -1.93. The number of rotatable bonds is 8. The molecule has 2 amide bonds. The van der Waals surface area contributed by atoms with Crippen LogP contribution in [-0.4, -0.2) is 90.3 Å². The summed E-state index contributed by atoms with van der Waals surface area (Å²) in [5.74, 6) is 0.363. The van der Waals surface area contributed by atoms with E-state index in [1.54, 1.807) is 0 Å². The highest BCUT2D eigenvalue weighted by molar-refractivity contribution is 7.81. The molecule has 7 heteroatoms. The molecular weight excluding hydrogens is 482 g/mol. The maximum atomic E-state index is 13.1. The van der Waals surface area contributed by atoms with Gasteiger partial charge in [0.05, 0.1) is 12.7 Å². The predicted molar refractivity (Wildman–Crippen MR) is 152 cm³/mol. The molecule has 3 atom stereocenters. The van der Waals surface area contributed by atoms with E-state index in [1.165, 1.54) is 11.3 Å². The topological polar surface area (TPSA) is 53.1 Å². The van der Waals surface area contributed by atoms with Crippen LogP contribution in [0.1, 0.15) is 60.7 Å². The molecule has 6 nitrogen and oxygen atoms in total. The quantitative estimate of drug-likeness (QED) is 0.405. The number of amides is 2. The van der Waals surface area contributed by atoms with E-state index in [0.717, 1.165) is 62.3 Å². The second kappa shape index (κ2) is 11.0. The SMILES string of the molecule is C[C@@H]1C[C@@H](OC[C@H](S)CN2CCN(CCN3C(=O)c4cccc5cccc(c45)C3=O)CC2)CC(C)(C)C1. The normalized spacial score (nSPS) is 25.6. The summed E-state index contributed by atoms with van der Waals surface area (Å²) in [6, 6.07) is 11.4. The zero-order valence-electron chi connectivity index (χ0n) is 22.5. The lowest BCUT2D eigenvalue weighted by molar-refractivity contribution is -0.0243. The van der Waals surface area contributed by atoms with Crippen LogP contribution in [0.5, 0.6) is 0 Å². The van der Waals surface area contributed by atoms with E-state index in [2.05, 4.69) is 30.6 Å². The van der Waals surface area contributed by atoms with Crippen molar-refractivity contribution in [3.63, 3.8) is 0 Å². The fourth-order valence-corrected chi connectivity index (χ4v) is 7.02. The third kappa shape index (κ3) is 6.06. The van der Waals surface area contributed by atoms with Crippen molar-refractivity contribution in [1.29, 1.82) is 0 Å². The molecule has 2 fully saturated rings. The van der Waals surface area contributed by atoms with Gasteiger partial charge in [-0.1, -0.05) is 45.0 Å². The van der Waals surface area contributed by atoms with Crippen molar-refractivity contribution in [3.05, 3.63) is 47.5 Å². The number of ether oxygens (including phenoxy) is 1. The van der Waals surface area contributed by atoms with Crippen molar-refractivity contribution < 1.29 is 14.3 Å². The molecule has 0 bridgehead atoms. The van der Waals surface area contributed by atoms with Gasteiger partial charge in [-0.05, 0) is 48.1 Å². The smallest absolute Gasteiger partial charge is 0.261 e. The molecule has 1 saturated heterocycles. The fourth-order valence-electron chi connectivity index (χ4n) is 6.70. The van der Waals surface area contributed by atoms with Crippen molar-refractivity contribution in [2.24, 2.45) is 11.3 Å². The van der Waals surface area contributed by atoms with Crippen molar-refractivity contribution in [2.45, 2.75) is 51.4 Å². The zero-order valence-corrected chi connectivity index (χ0v) is 23.4. The van der Waals surface area contributed by atoms with Gasteiger partial charge in [-0.3, -0.25) is 24.3 Å². The summed E-state index contributed by atoms with van der Waals surface area (Å²) in [4.78, 5) is 32.5. The number of nitrogens with zero attached hydrogens (tertiary/aromatic N) is 3. The zero-order chi connectivity index (χ0) is 26.2. The standard InChI is InChI=1S/C30H41N3O3S/c1-21-16-23(18-30(2,3)17-21)36-20-24(37)19-32-12-10-31(11-13-32)14-15-33-28(34)25-8-4-6-22-7-5-9-26(27(22)25)29(33)35/h4-9,21,23-24,37H,10-20H2,1-3H3/t21-,23-,24-/m1/s1. The first-order valence-electron chi connectivity index (χ1n) is 13.8. The number of carbonyl (C=O) groups excluding carboxylic acids is 2. The Labute approximate surface area is 226 Å². The van der Waals surface area contributed by atoms with Gasteiger partial charge in [0.1, 0.15) is 0 Å². The summed E-state index contributed by atoms with van der Waals surface area (Å²) < 4.78 is 6.30. The lowest BCUT2D eigenvalue weighted by Gasteiger charge is -2.39. The second-order valence-corrected chi connectivity index (χ2v) is 12.9.